The van der Waals surface area contributed by atoms with E-state index in [1.807, 2.05) is 6.92 Å². The highest BCUT2D eigenvalue weighted by molar-refractivity contribution is 7.92. The maximum Gasteiger partial charge on any atom is 0.246 e. The zero-order valence-electron chi connectivity index (χ0n) is 13.9. The van der Waals surface area contributed by atoms with E-state index in [0.29, 0.717) is 31.5 Å². The van der Waals surface area contributed by atoms with Gasteiger partial charge in [0, 0.05) is 19.0 Å². The van der Waals surface area contributed by atoms with Crippen molar-refractivity contribution >= 4 is 9.84 Å². The van der Waals surface area contributed by atoms with Gasteiger partial charge in [-0.25, -0.2) is 8.42 Å². The molecule has 1 aromatic rings. The molecule has 1 aliphatic heterocycles. The Bertz CT molecular complexity index is 639. The summed E-state index contributed by atoms with van der Waals surface area (Å²) in [6, 6.07) is -0.175. The van der Waals surface area contributed by atoms with Crippen molar-refractivity contribution in [3.05, 3.63) is 11.7 Å². The molecule has 7 nitrogen and oxygen atoms in total. The smallest absolute Gasteiger partial charge is 0.246 e. The number of aromatic nitrogens is 2. The van der Waals surface area contributed by atoms with Crippen LogP contribution in [-0.4, -0.2) is 60.3 Å². The molecule has 0 radical (unpaired) electrons. The maximum atomic E-state index is 12.1. The molecule has 0 unspecified atom stereocenters. The Kier molecular flexibility index (Phi) is 4.75. The van der Waals surface area contributed by atoms with Crippen LogP contribution in [0.4, 0.5) is 0 Å². The van der Waals surface area contributed by atoms with Crippen LogP contribution in [0.15, 0.2) is 4.52 Å². The minimum Gasteiger partial charge on any atom is -0.375 e. The molecule has 0 spiro atoms. The van der Waals surface area contributed by atoms with Gasteiger partial charge in [-0.15, -0.1) is 0 Å². The van der Waals surface area contributed by atoms with E-state index >= 15 is 0 Å². The number of sulfone groups is 1. The van der Waals surface area contributed by atoms with Gasteiger partial charge in [-0.1, -0.05) is 5.16 Å². The van der Waals surface area contributed by atoms with Crippen LogP contribution in [0.25, 0.3) is 0 Å². The number of ether oxygens (including phenoxy) is 1. The van der Waals surface area contributed by atoms with Gasteiger partial charge in [0.2, 0.25) is 5.89 Å². The van der Waals surface area contributed by atoms with Gasteiger partial charge in [0.25, 0.3) is 0 Å². The van der Waals surface area contributed by atoms with E-state index in [4.69, 9.17) is 9.26 Å². The summed E-state index contributed by atoms with van der Waals surface area (Å²) < 4.78 is 35.4. The summed E-state index contributed by atoms with van der Waals surface area (Å²) >= 11 is 0. The molecule has 0 amide bonds. The molecule has 23 heavy (non-hydrogen) atoms. The molecule has 0 N–H and O–H groups in total. The van der Waals surface area contributed by atoms with Crippen LogP contribution >= 0.6 is 0 Å². The average molecular weight is 343 g/mol. The minimum atomic E-state index is -3.07. The second-order valence-electron chi connectivity index (χ2n) is 6.74. The normalized spacial score (nSPS) is 26.8. The summed E-state index contributed by atoms with van der Waals surface area (Å²) in [4.78, 5) is 6.62. The molecule has 3 rings (SSSR count). The third-order valence-electron chi connectivity index (χ3n) is 4.63. The third kappa shape index (κ3) is 3.75. The van der Waals surface area contributed by atoms with Crippen molar-refractivity contribution in [2.45, 2.75) is 56.9 Å². The first-order chi connectivity index (χ1) is 10.9. The van der Waals surface area contributed by atoms with Gasteiger partial charge >= 0.3 is 0 Å². The van der Waals surface area contributed by atoms with E-state index in [2.05, 4.69) is 15.0 Å². The lowest BCUT2D eigenvalue weighted by atomic mass is 10.1. The monoisotopic (exact) mass is 343 g/mol. The highest BCUT2D eigenvalue weighted by atomic mass is 32.2. The standard InChI is InChI=1S/C15H25N3O4S/c1-10(2)23(19,20)9-7-18-6-8-21-11(3)13(18)15-16-14(17-22-15)12-4-5-12/h10-13H,4-9H2,1-3H3/t11-,13+/m1/s1. The Morgan fingerprint density at radius 2 is 2.09 bits per heavy atom. The Labute approximate surface area is 137 Å². The third-order valence-corrected chi connectivity index (χ3v) is 6.82. The minimum absolute atomic E-state index is 0.0991. The summed E-state index contributed by atoms with van der Waals surface area (Å²) in [6.07, 6.45) is 2.14. The fourth-order valence-electron chi connectivity index (χ4n) is 2.85. The Morgan fingerprint density at radius 3 is 2.74 bits per heavy atom. The molecule has 2 heterocycles. The topological polar surface area (TPSA) is 85.5 Å². The maximum absolute atomic E-state index is 12.1. The SMILES string of the molecule is CC(C)S(=O)(=O)CCN1CCO[C@H](C)[C@H]1c1nc(C2CC2)no1. The highest BCUT2D eigenvalue weighted by Gasteiger charge is 2.37. The summed E-state index contributed by atoms with van der Waals surface area (Å²) in [6.45, 7) is 7.12. The average Bonchev–Trinajstić information content (AvgIpc) is 3.24. The zero-order chi connectivity index (χ0) is 16.6. The Hall–Kier alpha value is -0.990. The number of morpholine rings is 1. The van der Waals surface area contributed by atoms with Crippen molar-refractivity contribution in [3.8, 4) is 0 Å². The molecular formula is C15H25N3O4S. The van der Waals surface area contributed by atoms with Crippen LogP contribution in [-0.2, 0) is 14.6 Å². The van der Waals surface area contributed by atoms with Crippen molar-refractivity contribution in [1.82, 2.24) is 15.0 Å². The van der Waals surface area contributed by atoms with Crippen molar-refractivity contribution in [2.24, 2.45) is 0 Å². The summed E-state index contributed by atoms with van der Waals surface area (Å²) in [5.74, 6) is 1.88. The predicted molar refractivity (Wildman–Crippen MR) is 84.9 cm³/mol. The van der Waals surface area contributed by atoms with Crippen LogP contribution in [0.5, 0.6) is 0 Å². The molecule has 8 heteroatoms. The van der Waals surface area contributed by atoms with E-state index in [1.165, 1.54) is 0 Å². The van der Waals surface area contributed by atoms with E-state index in [1.54, 1.807) is 13.8 Å². The van der Waals surface area contributed by atoms with Gasteiger partial charge in [0.05, 0.1) is 23.7 Å². The lowest BCUT2D eigenvalue weighted by Gasteiger charge is -2.37. The van der Waals surface area contributed by atoms with Crippen molar-refractivity contribution in [3.63, 3.8) is 0 Å². The van der Waals surface area contributed by atoms with Gasteiger partial charge in [0.15, 0.2) is 15.7 Å². The van der Waals surface area contributed by atoms with Gasteiger partial charge in [-0.2, -0.15) is 4.98 Å². The number of nitrogens with zero attached hydrogens (tertiary/aromatic N) is 3. The van der Waals surface area contributed by atoms with Gasteiger partial charge in [-0.3, -0.25) is 4.90 Å². The van der Waals surface area contributed by atoms with Crippen LogP contribution in [0, 0.1) is 0 Å². The first kappa shape index (κ1) is 16.9. The van der Waals surface area contributed by atoms with Crippen LogP contribution in [0.2, 0.25) is 0 Å². The van der Waals surface area contributed by atoms with Gasteiger partial charge in [-0.05, 0) is 33.6 Å². The van der Waals surface area contributed by atoms with Gasteiger partial charge in [0.1, 0.15) is 6.04 Å². The van der Waals surface area contributed by atoms with Crippen molar-refractivity contribution < 1.29 is 17.7 Å². The van der Waals surface area contributed by atoms with E-state index in [9.17, 15) is 8.42 Å². The zero-order valence-corrected chi connectivity index (χ0v) is 14.8. The number of hydrogen-bond donors (Lipinski definition) is 0. The lowest BCUT2D eigenvalue weighted by Crippen LogP contribution is -2.46. The summed E-state index contributed by atoms with van der Waals surface area (Å²) in [7, 11) is -3.07. The van der Waals surface area contributed by atoms with Crippen LogP contribution in [0.1, 0.15) is 57.3 Å². The fraction of sp³-hybridized carbons (Fsp3) is 0.867. The van der Waals surface area contributed by atoms with E-state index in [0.717, 1.165) is 18.7 Å². The molecule has 2 aliphatic rings. The molecule has 1 aromatic heterocycles. The summed E-state index contributed by atoms with van der Waals surface area (Å²) in [5, 5.41) is 3.72. The largest absolute Gasteiger partial charge is 0.375 e. The van der Waals surface area contributed by atoms with Crippen molar-refractivity contribution in [1.29, 1.82) is 0 Å². The predicted octanol–water partition coefficient (Wildman–Crippen LogP) is 1.53. The number of hydrogen-bond acceptors (Lipinski definition) is 7. The quantitative estimate of drug-likeness (QED) is 0.774. The lowest BCUT2D eigenvalue weighted by molar-refractivity contribution is -0.0705. The van der Waals surface area contributed by atoms with Crippen LogP contribution in [0.3, 0.4) is 0 Å². The van der Waals surface area contributed by atoms with Gasteiger partial charge < -0.3 is 9.26 Å². The van der Waals surface area contributed by atoms with E-state index < -0.39 is 9.84 Å². The fourth-order valence-corrected chi connectivity index (χ4v) is 3.81. The second kappa shape index (κ2) is 6.49. The molecule has 130 valence electrons. The molecule has 1 saturated carbocycles. The number of rotatable bonds is 6. The Balaban J connectivity index is 1.73. The van der Waals surface area contributed by atoms with E-state index in [-0.39, 0.29) is 23.1 Å². The molecule has 1 aliphatic carbocycles. The Morgan fingerprint density at radius 1 is 1.35 bits per heavy atom. The second-order valence-corrected chi connectivity index (χ2v) is 9.41. The molecule has 1 saturated heterocycles. The first-order valence-corrected chi connectivity index (χ1v) is 10.0. The van der Waals surface area contributed by atoms with Crippen molar-refractivity contribution in [2.75, 3.05) is 25.4 Å². The summed E-state index contributed by atoms with van der Waals surface area (Å²) in [5.41, 5.74) is 0. The molecule has 0 bridgehead atoms. The first-order valence-electron chi connectivity index (χ1n) is 8.29. The molecule has 2 atom stereocenters. The molecular weight excluding hydrogens is 318 g/mol. The molecule has 2 fully saturated rings. The van der Waals surface area contributed by atoms with Crippen LogP contribution < -0.4 is 0 Å². The molecule has 0 aromatic carbocycles. The highest BCUT2D eigenvalue weighted by Crippen LogP contribution is 2.39.